The van der Waals surface area contributed by atoms with E-state index in [1.807, 2.05) is 30.3 Å². The summed E-state index contributed by atoms with van der Waals surface area (Å²) in [5, 5.41) is 0.193. The van der Waals surface area contributed by atoms with Crippen molar-refractivity contribution in [1.29, 1.82) is 0 Å². The van der Waals surface area contributed by atoms with Gasteiger partial charge in [0, 0.05) is 46.7 Å². The molecule has 30 heavy (non-hydrogen) atoms. The van der Waals surface area contributed by atoms with Gasteiger partial charge in [-0.15, -0.1) is 0 Å². The molecule has 1 aliphatic heterocycles. The van der Waals surface area contributed by atoms with Crippen molar-refractivity contribution in [2.45, 2.75) is 18.4 Å². The lowest BCUT2D eigenvalue weighted by atomic mass is 10.1. The normalized spacial score (nSPS) is 14.8. The first-order chi connectivity index (χ1) is 14.2. The third kappa shape index (κ3) is 4.83. The molecule has 0 unspecified atom stereocenters. The number of rotatable bonds is 5. The fraction of sp³-hybridized carbons (Fsp3) is 0.333. The molecule has 2 amide bonds. The minimum atomic E-state index is -3.81. The van der Waals surface area contributed by atoms with Crippen LogP contribution in [0.4, 0.5) is 0 Å². The van der Waals surface area contributed by atoms with Gasteiger partial charge in [-0.1, -0.05) is 41.9 Å². The van der Waals surface area contributed by atoms with Crippen LogP contribution in [0.3, 0.4) is 0 Å². The van der Waals surface area contributed by atoms with Crippen LogP contribution in [0.1, 0.15) is 22.8 Å². The molecule has 2 aromatic rings. The van der Waals surface area contributed by atoms with E-state index in [2.05, 4.69) is 0 Å². The van der Waals surface area contributed by atoms with Gasteiger partial charge in [-0.2, -0.15) is 4.31 Å². The molecule has 9 heteroatoms. The Hall–Kier alpha value is -2.42. The molecule has 1 aliphatic rings. The van der Waals surface area contributed by atoms with Gasteiger partial charge in [0.1, 0.15) is 0 Å². The van der Waals surface area contributed by atoms with Gasteiger partial charge in [-0.05, 0) is 23.8 Å². The van der Waals surface area contributed by atoms with Crippen LogP contribution in [-0.4, -0.2) is 67.6 Å². The van der Waals surface area contributed by atoms with Crippen molar-refractivity contribution in [2.24, 2.45) is 0 Å². The van der Waals surface area contributed by atoms with Crippen molar-refractivity contribution in [3.63, 3.8) is 0 Å². The highest BCUT2D eigenvalue weighted by atomic mass is 35.5. The van der Waals surface area contributed by atoms with Gasteiger partial charge >= 0.3 is 0 Å². The first kappa shape index (κ1) is 22.3. The van der Waals surface area contributed by atoms with Crippen molar-refractivity contribution in [2.75, 3.05) is 33.2 Å². The first-order valence-electron chi connectivity index (χ1n) is 9.55. The number of carbonyl (C=O) groups is 2. The predicted molar refractivity (Wildman–Crippen MR) is 115 cm³/mol. The van der Waals surface area contributed by atoms with E-state index in [1.54, 1.807) is 9.80 Å². The molecular weight excluding hydrogens is 426 g/mol. The summed E-state index contributed by atoms with van der Waals surface area (Å²) in [4.78, 5) is 27.7. The zero-order chi connectivity index (χ0) is 21.9. The van der Waals surface area contributed by atoms with Crippen molar-refractivity contribution in [3.8, 4) is 0 Å². The number of amides is 2. The molecule has 0 saturated carbocycles. The maximum absolute atomic E-state index is 13.0. The van der Waals surface area contributed by atoms with E-state index in [9.17, 15) is 18.0 Å². The number of sulfonamides is 1. The highest BCUT2D eigenvalue weighted by Gasteiger charge is 2.27. The summed E-state index contributed by atoms with van der Waals surface area (Å²) in [6, 6.07) is 13.4. The van der Waals surface area contributed by atoms with Crippen LogP contribution >= 0.6 is 11.6 Å². The maximum atomic E-state index is 13.0. The van der Waals surface area contributed by atoms with E-state index < -0.39 is 10.0 Å². The molecule has 2 aromatic carbocycles. The molecule has 0 spiro atoms. The maximum Gasteiger partial charge on any atom is 0.255 e. The molecule has 3 rings (SSSR count). The highest BCUT2D eigenvalue weighted by Crippen LogP contribution is 2.25. The second-order valence-electron chi connectivity index (χ2n) is 7.19. The van der Waals surface area contributed by atoms with E-state index >= 15 is 0 Å². The standard InChI is InChI=1S/C21H24ClN3O4S/c1-16(26)24-10-12-25(13-11-24)21(27)19-14-18(8-9-20(19)22)30(28,29)23(2)15-17-6-4-3-5-7-17/h3-9,14H,10-13,15H2,1-2H3. The lowest BCUT2D eigenvalue weighted by molar-refractivity contribution is -0.130. The number of hydrogen-bond donors (Lipinski definition) is 0. The van der Waals surface area contributed by atoms with Gasteiger partial charge in [0.05, 0.1) is 15.5 Å². The fourth-order valence-corrected chi connectivity index (χ4v) is 4.71. The van der Waals surface area contributed by atoms with E-state index in [0.29, 0.717) is 26.2 Å². The molecular formula is C21H24ClN3O4S. The van der Waals surface area contributed by atoms with Crippen LogP contribution in [0.15, 0.2) is 53.4 Å². The van der Waals surface area contributed by atoms with Crippen molar-refractivity contribution >= 4 is 33.4 Å². The molecule has 0 N–H and O–H groups in total. The molecule has 0 bridgehead atoms. The molecule has 0 atom stereocenters. The summed E-state index contributed by atoms with van der Waals surface area (Å²) in [6.45, 7) is 3.34. The Balaban J connectivity index is 1.80. The number of nitrogens with zero attached hydrogens (tertiary/aromatic N) is 3. The number of piperazine rings is 1. The lowest BCUT2D eigenvalue weighted by Gasteiger charge is -2.34. The number of hydrogen-bond acceptors (Lipinski definition) is 4. The van der Waals surface area contributed by atoms with Crippen LogP contribution in [0.2, 0.25) is 5.02 Å². The Morgan fingerprint density at radius 1 is 1.00 bits per heavy atom. The van der Waals surface area contributed by atoms with Crippen molar-refractivity contribution in [1.82, 2.24) is 14.1 Å². The van der Waals surface area contributed by atoms with Crippen molar-refractivity contribution < 1.29 is 18.0 Å². The van der Waals surface area contributed by atoms with Crippen LogP contribution < -0.4 is 0 Å². The lowest BCUT2D eigenvalue weighted by Crippen LogP contribution is -2.50. The Labute approximate surface area is 181 Å². The molecule has 0 aromatic heterocycles. The van der Waals surface area contributed by atoms with Gasteiger partial charge in [0.2, 0.25) is 15.9 Å². The summed E-state index contributed by atoms with van der Waals surface area (Å²) >= 11 is 6.23. The average molecular weight is 450 g/mol. The van der Waals surface area contributed by atoms with E-state index in [1.165, 1.54) is 36.5 Å². The van der Waals surface area contributed by atoms with E-state index in [-0.39, 0.29) is 33.8 Å². The summed E-state index contributed by atoms with van der Waals surface area (Å²) in [5.74, 6) is -0.374. The summed E-state index contributed by atoms with van der Waals surface area (Å²) in [5.41, 5.74) is 0.999. The number of carbonyl (C=O) groups excluding carboxylic acids is 2. The predicted octanol–water partition coefficient (Wildman–Crippen LogP) is 2.46. The van der Waals surface area contributed by atoms with Crippen LogP contribution in [0.25, 0.3) is 0 Å². The Morgan fingerprint density at radius 3 is 2.20 bits per heavy atom. The molecule has 1 heterocycles. The van der Waals surface area contributed by atoms with Crippen LogP contribution in [0.5, 0.6) is 0 Å². The van der Waals surface area contributed by atoms with E-state index in [0.717, 1.165) is 5.56 Å². The second kappa shape index (κ2) is 9.16. The largest absolute Gasteiger partial charge is 0.339 e. The zero-order valence-corrected chi connectivity index (χ0v) is 18.5. The number of benzene rings is 2. The zero-order valence-electron chi connectivity index (χ0n) is 16.9. The Morgan fingerprint density at radius 2 is 1.60 bits per heavy atom. The summed E-state index contributed by atoms with van der Waals surface area (Å²) < 4.78 is 27.3. The van der Waals surface area contributed by atoms with Gasteiger partial charge < -0.3 is 9.80 Å². The van der Waals surface area contributed by atoms with E-state index in [4.69, 9.17) is 11.6 Å². The second-order valence-corrected chi connectivity index (χ2v) is 9.64. The third-order valence-corrected chi connectivity index (χ3v) is 7.27. The molecule has 160 valence electrons. The third-order valence-electron chi connectivity index (χ3n) is 5.14. The SMILES string of the molecule is CC(=O)N1CCN(C(=O)c2cc(S(=O)(=O)N(C)Cc3ccccc3)ccc2Cl)CC1. The quantitative estimate of drug-likeness (QED) is 0.702. The molecule has 7 nitrogen and oxygen atoms in total. The minimum Gasteiger partial charge on any atom is -0.339 e. The monoisotopic (exact) mass is 449 g/mol. The highest BCUT2D eigenvalue weighted by molar-refractivity contribution is 7.89. The molecule has 1 saturated heterocycles. The van der Waals surface area contributed by atoms with Gasteiger partial charge in [-0.3, -0.25) is 9.59 Å². The van der Waals surface area contributed by atoms with Crippen LogP contribution in [-0.2, 0) is 21.4 Å². The van der Waals surface area contributed by atoms with Crippen LogP contribution in [0, 0.1) is 0 Å². The Kier molecular flexibility index (Phi) is 6.80. The smallest absolute Gasteiger partial charge is 0.255 e. The first-order valence-corrected chi connectivity index (χ1v) is 11.4. The summed E-state index contributed by atoms with van der Waals surface area (Å²) in [6.07, 6.45) is 0. The number of halogens is 1. The molecule has 0 radical (unpaired) electrons. The van der Waals surface area contributed by atoms with Gasteiger partial charge in [0.15, 0.2) is 0 Å². The Bertz CT molecular complexity index is 1040. The van der Waals surface area contributed by atoms with Gasteiger partial charge in [-0.25, -0.2) is 8.42 Å². The van der Waals surface area contributed by atoms with Gasteiger partial charge in [0.25, 0.3) is 5.91 Å². The minimum absolute atomic E-state index is 0.0102. The molecule has 0 aliphatic carbocycles. The van der Waals surface area contributed by atoms with Crippen molar-refractivity contribution in [3.05, 3.63) is 64.7 Å². The topological polar surface area (TPSA) is 78.0 Å². The summed E-state index contributed by atoms with van der Waals surface area (Å²) in [7, 11) is -2.31. The average Bonchev–Trinajstić information content (AvgIpc) is 2.74. The fourth-order valence-electron chi connectivity index (χ4n) is 3.33. The molecule has 1 fully saturated rings.